The lowest BCUT2D eigenvalue weighted by Gasteiger charge is -1.74. The molecule has 0 aliphatic rings. The quantitative estimate of drug-likeness (QED) is 0.317. The van der Waals surface area contributed by atoms with E-state index in [-0.39, 0.29) is 0 Å². The highest BCUT2D eigenvalue weighted by atomic mass is 32.2. The van der Waals surface area contributed by atoms with Crippen LogP contribution in [0.25, 0.3) is 0 Å². The van der Waals surface area contributed by atoms with Gasteiger partial charge in [0.05, 0.1) is 0 Å². The van der Waals surface area contributed by atoms with Crippen molar-refractivity contribution in [1.82, 2.24) is 0 Å². The zero-order chi connectivity index (χ0) is 4.83. The second kappa shape index (κ2) is 4.82. The third-order valence-electron chi connectivity index (χ3n) is 0.280. The monoisotopic (exact) mass is 104 g/mol. The Morgan fingerprint density at radius 1 is 2.00 bits per heavy atom. The van der Waals surface area contributed by atoms with E-state index in [9.17, 15) is 0 Å². The van der Waals surface area contributed by atoms with Gasteiger partial charge in [0.1, 0.15) is 6.21 Å². The van der Waals surface area contributed by atoms with Crippen molar-refractivity contribution in [3.8, 4) is 0 Å². The molecule has 0 aromatic rings. The van der Waals surface area contributed by atoms with Gasteiger partial charge in [-0.15, -0.1) is 0 Å². The fourth-order valence-corrected chi connectivity index (χ4v) is 0.280. The van der Waals surface area contributed by atoms with Crippen molar-refractivity contribution in [3.63, 3.8) is 0 Å². The molecule has 0 aliphatic carbocycles. The molecule has 0 heterocycles. The van der Waals surface area contributed by atoms with Gasteiger partial charge in [-0.2, -0.15) is 11.8 Å². The maximum Gasteiger partial charge on any atom is 0.115 e. The van der Waals surface area contributed by atoms with Crippen LogP contribution in [0.1, 0.15) is 0 Å². The second-order valence-electron chi connectivity index (χ2n) is 0.691. The van der Waals surface area contributed by atoms with Gasteiger partial charge in [-0.25, -0.2) is 0 Å². The molecule has 6 heavy (non-hydrogen) atoms. The largest absolute Gasteiger partial charge is 0.411 e. The van der Waals surface area contributed by atoms with E-state index in [1.54, 1.807) is 11.8 Å². The average Bonchev–Trinajstić information content (AvgIpc) is 1.61. The highest BCUT2D eigenvalue weighted by Gasteiger charge is 1.69. The van der Waals surface area contributed by atoms with E-state index in [0.717, 1.165) is 0 Å². The van der Waals surface area contributed by atoms with Crippen molar-refractivity contribution < 1.29 is 5.21 Å². The Kier molecular flexibility index (Phi) is 4.68. The van der Waals surface area contributed by atoms with Gasteiger partial charge in [-0.05, 0) is 6.26 Å². The molecular formula is C3H6NOS. The fourth-order valence-electron chi connectivity index (χ4n) is 0.0934. The zero-order valence-electron chi connectivity index (χ0n) is 3.51. The van der Waals surface area contributed by atoms with Crippen LogP contribution in [0.4, 0.5) is 0 Å². The Balaban J connectivity index is 2.66. The molecule has 0 aliphatic heterocycles. The standard InChI is InChI=1S/C3H6NOS/c1-6-3-2-4-5/h5H,3H2,1H3. The molecule has 0 saturated carbocycles. The Morgan fingerprint density at radius 3 is 2.83 bits per heavy atom. The summed E-state index contributed by atoms with van der Waals surface area (Å²) in [5, 5.41) is 10.4. The van der Waals surface area contributed by atoms with E-state index < -0.39 is 0 Å². The van der Waals surface area contributed by atoms with Gasteiger partial charge < -0.3 is 5.21 Å². The van der Waals surface area contributed by atoms with Crippen LogP contribution < -0.4 is 0 Å². The molecule has 1 radical (unpaired) electrons. The van der Waals surface area contributed by atoms with Crippen LogP contribution >= 0.6 is 11.8 Å². The molecule has 0 amide bonds. The Bertz CT molecular complexity index is 46.1. The summed E-state index contributed by atoms with van der Waals surface area (Å²) in [5.41, 5.74) is 0. The highest BCUT2D eigenvalue weighted by Crippen LogP contribution is 1.83. The minimum atomic E-state index is 0.663. The Morgan fingerprint density at radius 2 is 2.67 bits per heavy atom. The number of thioether (sulfide) groups is 1. The third kappa shape index (κ3) is 3.82. The molecule has 0 aromatic heterocycles. The SMILES string of the molecule is CSC[C]=NO. The fraction of sp³-hybridized carbons (Fsp3) is 0.667. The number of nitrogens with zero attached hydrogens (tertiary/aromatic N) is 1. The number of rotatable bonds is 2. The first-order valence-electron chi connectivity index (χ1n) is 1.47. The molecule has 0 fully saturated rings. The number of hydrogen-bond donors (Lipinski definition) is 1. The smallest absolute Gasteiger partial charge is 0.115 e. The van der Waals surface area contributed by atoms with Crippen LogP contribution in [0, 0.1) is 0 Å². The lowest BCUT2D eigenvalue weighted by Crippen LogP contribution is -1.73. The summed E-state index contributed by atoms with van der Waals surface area (Å²) in [6, 6.07) is 0. The average molecular weight is 104 g/mol. The third-order valence-corrected chi connectivity index (χ3v) is 0.697. The normalized spacial score (nSPS) is 10.2. The minimum Gasteiger partial charge on any atom is -0.411 e. The van der Waals surface area contributed by atoms with Crippen molar-refractivity contribution >= 4 is 18.0 Å². The van der Waals surface area contributed by atoms with Crippen LogP contribution in [-0.2, 0) is 0 Å². The van der Waals surface area contributed by atoms with Gasteiger partial charge in [0.2, 0.25) is 0 Å². The summed E-state index contributed by atoms with van der Waals surface area (Å²) in [7, 11) is 0. The van der Waals surface area contributed by atoms with E-state index in [4.69, 9.17) is 5.21 Å². The first-order chi connectivity index (χ1) is 2.91. The van der Waals surface area contributed by atoms with Gasteiger partial charge in [0.25, 0.3) is 0 Å². The molecule has 0 spiro atoms. The second-order valence-corrected chi connectivity index (χ2v) is 1.56. The van der Waals surface area contributed by atoms with E-state index in [1.807, 2.05) is 6.26 Å². The van der Waals surface area contributed by atoms with Crippen LogP contribution in [0.15, 0.2) is 5.16 Å². The van der Waals surface area contributed by atoms with Crippen molar-refractivity contribution in [2.24, 2.45) is 5.16 Å². The molecule has 0 bridgehead atoms. The van der Waals surface area contributed by atoms with E-state index in [1.165, 1.54) is 0 Å². The Hall–Kier alpha value is -0.180. The maximum atomic E-state index is 7.70. The van der Waals surface area contributed by atoms with Crippen LogP contribution in [0.5, 0.6) is 0 Å². The summed E-state index contributed by atoms with van der Waals surface area (Å²) in [4.78, 5) is 0. The predicted octanol–water partition coefficient (Wildman–Crippen LogP) is 0.686. The first-order valence-corrected chi connectivity index (χ1v) is 2.87. The molecular weight excluding hydrogens is 98.1 g/mol. The topological polar surface area (TPSA) is 32.6 Å². The highest BCUT2D eigenvalue weighted by molar-refractivity contribution is 7.99. The van der Waals surface area contributed by atoms with Crippen LogP contribution in [0.2, 0.25) is 0 Å². The molecule has 0 atom stereocenters. The molecule has 0 aromatic carbocycles. The zero-order valence-corrected chi connectivity index (χ0v) is 4.33. The summed E-state index contributed by atoms with van der Waals surface area (Å²) in [5.74, 6) is 0.663. The van der Waals surface area contributed by atoms with Crippen molar-refractivity contribution in [1.29, 1.82) is 0 Å². The van der Waals surface area contributed by atoms with Crippen LogP contribution in [0.3, 0.4) is 0 Å². The first kappa shape index (κ1) is 5.82. The number of hydrogen-bond acceptors (Lipinski definition) is 3. The van der Waals surface area contributed by atoms with Gasteiger partial charge in [-0.1, -0.05) is 5.16 Å². The summed E-state index contributed by atoms with van der Waals surface area (Å²) in [6.07, 6.45) is 4.26. The summed E-state index contributed by atoms with van der Waals surface area (Å²) < 4.78 is 0. The summed E-state index contributed by atoms with van der Waals surface area (Å²) >= 11 is 1.56. The Labute approximate surface area is 41.2 Å². The lowest BCUT2D eigenvalue weighted by molar-refractivity contribution is 0.321. The van der Waals surface area contributed by atoms with Gasteiger partial charge in [-0.3, -0.25) is 0 Å². The molecule has 0 saturated heterocycles. The van der Waals surface area contributed by atoms with Gasteiger partial charge >= 0.3 is 0 Å². The lowest BCUT2D eigenvalue weighted by atomic mass is 10.9. The predicted molar refractivity (Wildman–Crippen MR) is 27.6 cm³/mol. The minimum absolute atomic E-state index is 0.663. The molecule has 1 N–H and O–H groups in total. The summed E-state index contributed by atoms with van der Waals surface area (Å²) in [6.45, 7) is 0. The van der Waals surface area contributed by atoms with E-state index in [0.29, 0.717) is 5.75 Å². The van der Waals surface area contributed by atoms with Gasteiger partial charge in [0, 0.05) is 5.75 Å². The molecule has 0 unspecified atom stereocenters. The van der Waals surface area contributed by atoms with E-state index in [2.05, 4.69) is 11.4 Å². The molecule has 3 heteroatoms. The molecule has 2 nitrogen and oxygen atoms in total. The molecule has 0 rings (SSSR count). The van der Waals surface area contributed by atoms with Crippen molar-refractivity contribution in [3.05, 3.63) is 0 Å². The van der Waals surface area contributed by atoms with Crippen LogP contribution in [-0.4, -0.2) is 23.4 Å². The molecule has 35 valence electrons. The van der Waals surface area contributed by atoms with E-state index >= 15 is 0 Å². The maximum absolute atomic E-state index is 7.70. The van der Waals surface area contributed by atoms with Crippen molar-refractivity contribution in [2.45, 2.75) is 0 Å². The van der Waals surface area contributed by atoms with Gasteiger partial charge in [0.15, 0.2) is 0 Å². The van der Waals surface area contributed by atoms with Crippen molar-refractivity contribution in [2.75, 3.05) is 12.0 Å².